The second-order valence-corrected chi connectivity index (χ2v) is 3.57. The number of hydrogen-bond donors (Lipinski definition) is 2. The van der Waals surface area contributed by atoms with Gasteiger partial charge in [-0.3, -0.25) is 0 Å². The molecule has 0 aliphatic rings. The van der Waals surface area contributed by atoms with Crippen LogP contribution < -0.4 is 11.1 Å². The second kappa shape index (κ2) is 8.72. The van der Waals surface area contributed by atoms with Gasteiger partial charge in [-0.1, -0.05) is 0 Å². The molecule has 0 saturated carbocycles. The summed E-state index contributed by atoms with van der Waals surface area (Å²) in [7, 11) is 1.67. The van der Waals surface area contributed by atoms with Crippen LogP contribution in [0.3, 0.4) is 0 Å². The van der Waals surface area contributed by atoms with Crippen molar-refractivity contribution in [1.82, 2.24) is 9.97 Å². The first-order chi connectivity index (χ1) is 8.33. The van der Waals surface area contributed by atoms with Crippen molar-refractivity contribution < 1.29 is 9.47 Å². The highest BCUT2D eigenvalue weighted by Gasteiger charge is 1.95. The maximum absolute atomic E-state index is 5.53. The Labute approximate surface area is 102 Å². The molecule has 1 aromatic rings. The van der Waals surface area contributed by atoms with Gasteiger partial charge in [0, 0.05) is 26.3 Å². The van der Waals surface area contributed by atoms with Crippen LogP contribution in [0.2, 0.25) is 0 Å². The summed E-state index contributed by atoms with van der Waals surface area (Å²) in [6, 6.07) is 1.72. The fraction of sp³-hybridized carbons (Fsp3) is 0.636. The molecule has 0 spiro atoms. The predicted octanol–water partition coefficient (Wildman–Crippen LogP) is 0.914. The van der Waals surface area contributed by atoms with Crippen molar-refractivity contribution in [2.75, 3.05) is 44.5 Å². The molecule has 3 N–H and O–H groups in total. The van der Waals surface area contributed by atoms with Crippen LogP contribution in [0, 0.1) is 0 Å². The van der Waals surface area contributed by atoms with E-state index in [4.69, 9.17) is 15.2 Å². The summed E-state index contributed by atoms with van der Waals surface area (Å²) in [5, 5.41) is 3.18. The van der Waals surface area contributed by atoms with Crippen molar-refractivity contribution in [3.8, 4) is 0 Å². The number of nitrogens with zero attached hydrogens (tertiary/aromatic N) is 2. The SMILES string of the molecule is COCCOCCCCNc1cc(N)ncn1. The van der Waals surface area contributed by atoms with Crippen molar-refractivity contribution in [3.63, 3.8) is 0 Å². The van der Waals surface area contributed by atoms with E-state index in [-0.39, 0.29) is 0 Å². The van der Waals surface area contributed by atoms with Gasteiger partial charge in [0.05, 0.1) is 13.2 Å². The Morgan fingerprint density at radius 2 is 2.12 bits per heavy atom. The Morgan fingerprint density at radius 1 is 1.24 bits per heavy atom. The Kier molecular flexibility index (Phi) is 7.01. The monoisotopic (exact) mass is 240 g/mol. The minimum absolute atomic E-state index is 0.477. The third-order valence-electron chi connectivity index (χ3n) is 2.14. The number of anilines is 2. The minimum atomic E-state index is 0.477. The number of aromatic nitrogens is 2. The first kappa shape index (κ1) is 13.7. The van der Waals surface area contributed by atoms with E-state index in [1.807, 2.05) is 0 Å². The van der Waals surface area contributed by atoms with E-state index in [2.05, 4.69) is 15.3 Å². The molecule has 0 saturated heterocycles. The largest absolute Gasteiger partial charge is 0.384 e. The average Bonchev–Trinajstić information content (AvgIpc) is 2.33. The van der Waals surface area contributed by atoms with Gasteiger partial charge >= 0.3 is 0 Å². The molecule has 0 atom stereocenters. The molecule has 1 aromatic heterocycles. The third-order valence-corrected chi connectivity index (χ3v) is 2.14. The van der Waals surface area contributed by atoms with Gasteiger partial charge in [0.1, 0.15) is 18.0 Å². The summed E-state index contributed by atoms with van der Waals surface area (Å²) in [4.78, 5) is 7.87. The molecule has 17 heavy (non-hydrogen) atoms. The first-order valence-corrected chi connectivity index (χ1v) is 5.71. The molecule has 0 amide bonds. The van der Waals surface area contributed by atoms with Crippen molar-refractivity contribution >= 4 is 11.6 Å². The second-order valence-electron chi connectivity index (χ2n) is 3.57. The van der Waals surface area contributed by atoms with Crippen LogP contribution in [0.5, 0.6) is 0 Å². The first-order valence-electron chi connectivity index (χ1n) is 5.71. The van der Waals surface area contributed by atoms with E-state index < -0.39 is 0 Å². The fourth-order valence-corrected chi connectivity index (χ4v) is 1.26. The van der Waals surface area contributed by atoms with E-state index in [9.17, 15) is 0 Å². The van der Waals surface area contributed by atoms with Gasteiger partial charge in [0.2, 0.25) is 0 Å². The van der Waals surface area contributed by atoms with E-state index in [1.165, 1.54) is 6.33 Å². The van der Waals surface area contributed by atoms with Gasteiger partial charge < -0.3 is 20.5 Å². The molecular formula is C11H20N4O2. The number of rotatable bonds is 9. The molecule has 0 aliphatic heterocycles. The molecule has 1 rings (SSSR count). The molecule has 0 bridgehead atoms. The average molecular weight is 240 g/mol. The molecule has 1 heterocycles. The van der Waals surface area contributed by atoms with Gasteiger partial charge in [-0.25, -0.2) is 9.97 Å². The Bertz CT molecular complexity index is 309. The lowest BCUT2D eigenvalue weighted by Crippen LogP contribution is -2.07. The van der Waals surface area contributed by atoms with Crippen molar-refractivity contribution in [3.05, 3.63) is 12.4 Å². The van der Waals surface area contributed by atoms with Gasteiger partial charge in [-0.15, -0.1) is 0 Å². The molecule has 6 nitrogen and oxygen atoms in total. The van der Waals surface area contributed by atoms with E-state index in [1.54, 1.807) is 13.2 Å². The number of unbranched alkanes of at least 4 members (excludes halogenated alkanes) is 1. The van der Waals surface area contributed by atoms with Crippen LogP contribution in [0.4, 0.5) is 11.6 Å². The highest BCUT2D eigenvalue weighted by Crippen LogP contribution is 2.04. The Morgan fingerprint density at radius 3 is 2.88 bits per heavy atom. The highest BCUT2D eigenvalue weighted by atomic mass is 16.5. The number of ether oxygens (including phenoxy) is 2. The Hall–Kier alpha value is -1.40. The van der Waals surface area contributed by atoms with Crippen LogP contribution in [-0.4, -0.2) is 43.4 Å². The Balaban J connectivity index is 1.97. The smallest absolute Gasteiger partial charge is 0.131 e. The number of nitrogen functional groups attached to an aromatic ring is 1. The number of nitrogens with two attached hydrogens (primary N) is 1. The highest BCUT2D eigenvalue weighted by molar-refractivity contribution is 5.42. The lowest BCUT2D eigenvalue weighted by molar-refractivity contribution is 0.0691. The normalized spacial score (nSPS) is 10.4. The van der Waals surface area contributed by atoms with E-state index in [0.29, 0.717) is 19.0 Å². The van der Waals surface area contributed by atoms with Crippen LogP contribution in [0.25, 0.3) is 0 Å². The molecule has 0 radical (unpaired) electrons. The number of methoxy groups -OCH3 is 1. The standard InChI is InChI=1S/C11H20N4O2/c1-16-6-7-17-5-3-2-4-13-11-8-10(12)14-9-15-11/h8-9H,2-7H2,1H3,(H3,12,13,14,15). The molecule has 0 aromatic carbocycles. The zero-order valence-electron chi connectivity index (χ0n) is 10.2. The molecule has 0 unspecified atom stereocenters. The maximum Gasteiger partial charge on any atom is 0.131 e. The summed E-state index contributed by atoms with van der Waals surface area (Å²) < 4.78 is 10.2. The van der Waals surface area contributed by atoms with Gasteiger partial charge in [-0.05, 0) is 12.8 Å². The maximum atomic E-state index is 5.53. The van der Waals surface area contributed by atoms with Gasteiger partial charge in [-0.2, -0.15) is 0 Å². The summed E-state index contributed by atoms with van der Waals surface area (Å²) >= 11 is 0. The van der Waals surface area contributed by atoms with Crippen molar-refractivity contribution in [1.29, 1.82) is 0 Å². The molecular weight excluding hydrogens is 220 g/mol. The summed E-state index contributed by atoms with van der Waals surface area (Å²) in [5.74, 6) is 1.24. The van der Waals surface area contributed by atoms with E-state index >= 15 is 0 Å². The van der Waals surface area contributed by atoms with Crippen molar-refractivity contribution in [2.24, 2.45) is 0 Å². The fourth-order valence-electron chi connectivity index (χ4n) is 1.26. The zero-order valence-corrected chi connectivity index (χ0v) is 10.2. The zero-order chi connectivity index (χ0) is 12.3. The molecule has 0 aliphatic carbocycles. The quantitative estimate of drug-likeness (QED) is 0.624. The molecule has 6 heteroatoms. The number of nitrogens with one attached hydrogen (secondary N) is 1. The van der Waals surface area contributed by atoms with Crippen molar-refractivity contribution in [2.45, 2.75) is 12.8 Å². The third kappa shape index (κ3) is 6.70. The topological polar surface area (TPSA) is 82.3 Å². The van der Waals surface area contributed by atoms with Crippen LogP contribution >= 0.6 is 0 Å². The molecule has 0 fully saturated rings. The summed E-state index contributed by atoms with van der Waals surface area (Å²) in [5.41, 5.74) is 5.53. The summed E-state index contributed by atoms with van der Waals surface area (Å²) in [6.45, 7) is 2.92. The van der Waals surface area contributed by atoms with E-state index in [0.717, 1.165) is 31.8 Å². The van der Waals surface area contributed by atoms with Gasteiger partial charge in [0.15, 0.2) is 0 Å². The van der Waals surface area contributed by atoms with Gasteiger partial charge in [0.25, 0.3) is 0 Å². The van der Waals surface area contributed by atoms with Crippen LogP contribution in [0.1, 0.15) is 12.8 Å². The lowest BCUT2D eigenvalue weighted by Gasteiger charge is -2.06. The predicted molar refractivity (Wildman–Crippen MR) is 66.9 cm³/mol. The van der Waals surface area contributed by atoms with Crippen LogP contribution in [-0.2, 0) is 9.47 Å². The molecule has 96 valence electrons. The minimum Gasteiger partial charge on any atom is -0.384 e. The number of hydrogen-bond acceptors (Lipinski definition) is 6. The van der Waals surface area contributed by atoms with Crippen LogP contribution in [0.15, 0.2) is 12.4 Å². The lowest BCUT2D eigenvalue weighted by atomic mass is 10.3. The summed E-state index contributed by atoms with van der Waals surface area (Å²) in [6.07, 6.45) is 3.49.